The summed E-state index contributed by atoms with van der Waals surface area (Å²) in [6, 6.07) is 5.55. The SMILES string of the molecule is CCOC(=O)C1=C(C)N=C2SC=C(CC(=O)N(CC)CC)N2C1c1cccc(F)c1. The molecule has 0 saturated heterocycles. The van der Waals surface area contributed by atoms with E-state index in [-0.39, 0.29) is 18.9 Å². The monoisotopic (exact) mass is 431 g/mol. The Kier molecular flexibility index (Phi) is 6.97. The van der Waals surface area contributed by atoms with Crippen molar-refractivity contribution in [1.29, 1.82) is 0 Å². The first-order chi connectivity index (χ1) is 14.4. The number of halogens is 1. The summed E-state index contributed by atoms with van der Waals surface area (Å²) in [5, 5.41) is 2.55. The van der Waals surface area contributed by atoms with Crippen LogP contribution in [0.3, 0.4) is 0 Å². The molecule has 0 saturated carbocycles. The van der Waals surface area contributed by atoms with Crippen LogP contribution in [0.1, 0.15) is 45.7 Å². The van der Waals surface area contributed by atoms with E-state index >= 15 is 0 Å². The molecule has 0 bridgehead atoms. The Morgan fingerprint density at radius 3 is 2.63 bits per heavy atom. The van der Waals surface area contributed by atoms with Crippen molar-refractivity contribution in [1.82, 2.24) is 9.80 Å². The van der Waals surface area contributed by atoms with Gasteiger partial charge in [-0.05, 0) is 50.8 Å². The molecule has 6 nitrogen and oxygen atoms in total. The van der Waals surface area contributed by atoms with Crippen LogP contribution in [-0.2, 0) is 14.3 Å². The van der Waals surface area contributed by atoms with Crippen molar-refractivity contribution in [3.63, 3.8) is 0 Å². The van der Waals surface area contributed by atoms with E-state index in [4.69, 9.17) is 4.74 Å². The third kappa shape index (κ3) is 4.28. The lowest BCUT2D eigenvalue weighted by Gasteiger charge is -2.36. The number of nitrogens with zero attached hydrogens (tertiary/aromatic N) is 3. The minimum Gasteiger partial charge on any atom is -0.463 e. The van der Waals surface area contributed by atoms with Gasteiger partial charge >= 0.3 is 5.97 Å². The van der Waals surface area contributed by atoms with Crippen LogP contribution >= 0.6 is 11.8 Å². The third-order valence-corrected chi connectivity index (χ3v) is 6.00. The van der Waals surface area contributed by atoms with Gasteiger partial charge in [0, 0.05) is 18.8 Å². The summed E-state index contributed by atoms with van der Waals surface area (Å²) < 4.78 is 19.4. The van der Waals surface area contributed by atoms with Crippen LogP contribution in [0.2, 0.25) is 0 Å². The van der Waals surface area contributed by atoms with Crippen LogP contribution in [0, 0.1) is 5.82 Å². The number of allylic oxidation sites excluding steroid dienone is 1. The lowest BCUT2D eigenvalue weighted by molar-refractivity contribution is -0.139. The molecule has 1 atom stereocenters. The average Bonchev–Trinajstić information content (AvgIpc) is 3.10. The summed E-state index contributed by atoms with van der Waals surface area (Å²) in [5.41, 5.74) is 2.23. The molecule has 1 aromatic carbocycles. The second-order valence-corrected chi connectivity index (χ2v) is 7.75. The van der Waals surface area contributed by atoms with Gasteiger partial charge in [0.15, 0.2) is 5.17 Å². The van der Waals surface area contributed by atoms with Crippen molar-refractivity contribution in [2.24, 2.45) is 4.99 Å². The van der Waals surface area contributed by atoms with Crippen LogP contribution in [0.4, 0.5) is 4.39 Å². The zero-order chi connectivity index (χ0) is 21.8. The number of esters is 1. The van der Waals surface area contributed by atoms with E-state index in [1.165, 1.54) is 23.9 Å². The van der Waals surface area contributed by atoms with Crippen LogP contribution in [0.15, 0.2) is 51.6 Å². The van der Waals surface area contributed by atoms with E-state index in [2.05, 4.69) is 4.99 Å². The fourth-order valence-corrected chi connectivity index (χ4v) is 4.64. The maximum Gasteiger partial charge on any atom is 0.338 e. The zero-order valence-electron chi connectivity index (χ0n) is 17.6. The Morgan fingerprint density at radius 2 is 2.00 bits per heavy atom. The van der Waals surface area contributed by atoms with Gasteiger partial charge in [-0.2, -0.15) is 0 Å². The number of benzene rings is 1. The minimum absolute atomic E-state index is 0.00458. The number of thioether (sulfide) groups is 1. The topological polar surface area (TPSA) is 62.2 Å². The van der Waals surface area contributed by atoms with Crippen LogP contribution in [-0.4, -0.2) is 46.5 Å². The summed E-state index contributed by atoms with van der Waals surface area (Å²) in [5.74, 6) is -0.887. The highest BCUT2D eigenvalue weighted by molar-refractivity contribution is 8.16. The quantitative estimate of drug-likeness (QED) is 0.605. The van der Waals surface area contributed by atoms with Crippen LogP contribution < -0.4 is 0 Å². The molecule has 0 fully saturated rings. The molecule has 1 amide bonds. The number of aliphatic imine (C=N–C) groups is 1. The molecule has 1 aromatic rings. The third-order valence-electron chi connectivity index (χ3n) is 5.11. The van der Waals surface area contributed by atoms with Crippen LogP contribution in [0.25, 0.3) is 0 Å². The van der Waals surface area contributed by atoms with Gasteiger partial charge in [-0.3, -0.25) is 4.79 Å². The predicted octanol–water partition coefficient (Wildman–Crippen LogP) is 4.22. The summed E-state index contributed by atoms with van der Waals surface area (Å²) in [6.07, 6.45) is 0.175. The van der Waals surface area contributed by atoms with Crippen molar-refractivity contribution < 1.29 is 18.7 Å². The first-order valence-corrected chi connectivity index (χ1v) is 10.9. The van der Waals surface area contributed by atoms with Gasteiger partial charge in [-0.15, -0.1) is 0 Å². The molecule has 160 valence electrons. The molecular formula is C22H26FN3O3S. The van der Waals surface area contributed by atoms with Gasteiger partial charge in [0.05, 0.1) is 30.3 Å². The maximum atomic E-state index is 14.1. The molecule has 2 heterocycles. The summed E-state index contributed by atoms with van der Waals surface area (Å²) in [6.45, 7) is 8.83. The Morgan fingerprint density at radius 1 is 1.27 bits per heavy atom. The summed E-state index contributed by atoms with van der Waals surface area (Å²) in [4.78, 5) is 33.8. The predicted molar refractivity (Wildman–Crippen MR) is 116 cm³/mol. The fourth-order valence-electron chi connectivity index (χ4n) is 3.67. The highest BCUT2D eigenvalue weighted by atomic mass is 32.2. The largest absolute Gasteiger partial charge is 0.463 e. The summed E-state index contributed by atoms with van der Waals surface area (Å²) in [7, 11) is 0. The van der Waals surface area contributed by atoms with E-state index < -0.39 is 17.8 Å². The second-order valence-electron chi connectivity index (χ2n) is 6.91. The van der Waals surface area contributed by atoms with E-state index in [0.29, 0.717) is 35.1 Å². The smallest absolute Gasteiger partial charge is 0.338 e. The molecule has 3 rings (SSSR count). The first kappa shape index (κ1) is 22.1. The zero-order valence-corrected chi connectivity index (χ0v) is 18.5. The van der Waals surface area contributed by atoms with Gasteiger partial charge in [0.25, 0.3) is 0 Å². The molecule has 2 aliphatic heterocycles. The Balaban J connectivity index is 2.04. The lowest BCUT2D eigenvalue weighted by Crippen LogP contribution is -2.38. The number of amidine groups is 1. The van der Waals surface area contributed by atoms with Gasteiger partial charge in [0.2, 0.25) is 5.91 Å². The van der Waals surface area contributed by atoms with Crippen molar-refractivity contribution in [3.05, 3.63) is 58.0 Å². The number of ether oxygens (including phenoxy) is 1. The normalized spacial score (nSPS) is 18.0. The van der Waals surface area contributed by atoms with Crippen LogP contribution in [0.5, 0.6) is 0 Å². The highest BCUT2D eigenvalue weighted by Crippen LogP contribution is 2.45. The highest BCUT2D eigenvalue weighted by Gasteiger charge is 2.41. The average molecular weight is 432 g/mol. The van der Waals surface area contributed by atoms with Gasteiger partial charge in [0.1, 0.15) is 5.82 Å². The molecule has 0 spiro atoms. The lowest BCUT2D eigenvalue weighted by atomic mass is 9.93. The Labute approximate surface area is 180 Å². The molecule has 0 N–H and O–H groups in total. The molecular weight excluding hydrogens is 405 g/mol. The molecule has 30 heavy (non-hydrogen) atoms. The van der Waals surface area contributed by atoms with Crippen molar-refractivity contribution in [3.8, 4) is 0 Å². The van der Waals surface area contributed by atoms with E-state index in [1.54, 1.807) is 30.9 Å². The Bertz CT molecular complexity index is 937. The molecule has 8 heteroatoms. The number of hydrogen-bond acceptors (Lipinski definition) is 6. The van der Waals surface area contributed by atoms with E-state index in [1.807, 2.05) is 24.2 Å². The van der Waals surface area contributed by atoms with Gasteiger partial charge < -0.3 is 14.5 Å². The molecule has 0 radical (unpaired) electrons. The van der Waals surface area contributed by atoms with Gasteiger partial charge in [-0.1, -0.05) is 23.9 Å². The summed E-state index contributed by atoms with van der Waals surface area (Å²) >= 11 is 1.40. The minimum atomic E-state index is -0.613. The molecule has 0 aliphatic carbocycles. The maximum absolute atomic E-state index is 14.1. The van der Waals surface area contributed by atoms with Crippen molar-refractivity contribution in [2.45, 2.75) is 40.2 Å². The van der Waals surface area contributed by atoms with Gasteiger partial charge in [-0.25, -0.2) is 14.2 Å². The second kappa shape index (κ2) is 9.47. The number of fused-ring (bicyclic) bond motifs is 1. The number of carbonyl (C=O) groups excluding carboxylic acids is 2. The number of rotatable bonds is 7. The number of amides is 1. The molecule has 2 aliphatic rings. The number of carbonyl (C=O) groups is 2. The fraction of sp³-hybridized carbons (Fsp3) is 0.409. The van der Waals surface area contributed by atoms with E-state index in [9.17, 15) is 14.0 Å². The molecule has 0 aromatic heterocycles. The molecule has 1 unspecified atom stereocenters. The van der Waals surface area contributed by atoms with E-state index in [0.717, 1.165) is 5.70 Å². The van der Waals surface area contributed by atoms with Crippen molar-refractivity contribution in [2.75, 3.05) is 19.7 Å². The Hall–Kier alpha value is -2.61. The van der Waals surface area contributed by atoms with Crippen molar-refractivity contribution >= 4 is 28.8 Å². The standard InChI is InChI=1S/C22H26FN3O3S/c1-5-25(6-2)18(27)12-17-13-30-22-24-14(4)19(21(28)29-7-3)20(26(17)22)15-9-8-10-16(23)11-15/h8-11,13,20H,5-7,12H2,1-4H3. The first-order valence-electron chi connectivity index (χ1n) is 10.1. The number of hydrogen-bond donors (Lipinski definition) is 0.